The lowest BCUT2D eigenvalue weighted by molar-refractivity contribution is 0.206. The number of hydrogen-bond acceptors (Lipinski definition) is 6. The van der Waals surface area contributed by atoms with Gasteiger partial charge in [0.25, 0.3) is 0 Å². The van der Waals surface area contributed by atoms with Crippen LogP contribution in [0.1, 0.15) is 38.5 Å². The topological polar surface area (TPSA) is 84.7 Å². The van der Waals surface area contributed by atoms with Crippen LogP contribution in [0, 0.1) is 5.82 Å². The van der Waals surface area contributed by atoms with Gasteiger partial charge in [0.15, 0.2) is 0 Å². The molecule has 5 rings (SSSR count). The molecule has 0 bridgehead atoms. The Morgan fingerprint density at radius 2 is 1.74 bits per heavy atom. The molecule has 1 aliphatic heterocycles. The van der Waals surface area contributed by atoms with Crippen LogP contribution in [0.25, 0.3) is 5.69 Å². The number of alkyl halides is 1. The third kappa shape index (κ3) is 5.99. The first-order valence-corrected chi connectivity index (χ1v) is 15.9. The molecule has 0 amide bonds. The lowest BCUT2D eigenvalue weighted by atomic mass is 10.1. The molecule has 1 saturated carbocycles. The van der Waals surface area contributed by atoms with E-state index in [9.17, 15) is 17.6 Å². The normalized spacial score (nSPS) is 16.9. The van der Waals surface area contributed by atoms with Crippen LogP contribution in [-0.4, -0.2) is 54.5 Å². The average molecular weight is 620 g/mol. The second-order valence-electron chi connectivity index (χ2n) is 9.91. The molecule has 2 heterocycles. The molecule has 1 aromatic heterocycles. The molecule has 0 spiro atoms. The quantitative estimate of drug-likeness (QED) is 0.317. The molecule has 0 radical (unpaired) electrons. The first-order chi connectivity index (χ1) is 18.9. The van der Waals surface area contributed by atoms with Gasteiger partial charge < -0.3 is 9.64 Å². The molecule has 11 heteroatoms. The van der Waals surface area contributed by atoms with Gasteiger partial charge in [-0.15, -0.1) is 0 Å². The zero-order valence-electron chi connectivity index (χ0n) is 21.6. The minimum Gasteiger partial charge on any atom is -0.483 e. The van der Waals surface area contributed by atoms with Crippen LogP contribution in [0.2, 0.25) is 0 Å². The number of aromatic nitrogens is 2. The van der Waals surface area contributed by atoms with Crippen LogP contribution < -0.4 is 19.5 Å². The van der Waals surface area contributed by atoms with E-state index in [4.69, 9.17) is 4.74 Å². The molecule has 8 nitrogen and oxygen atoms in total. The number of anilines is 2. The summed E-state index contributed by atoms with van der Waals surface area (Å²) in [5.74, 6) is -0.274. The van der Waals surface area contributed by atoms with E-state index < -0.39 is 26.6 Å². The van der Waals surface area contributed by atoms with Crippen molar-refractivity contribution in [1.82, 2.24) is 9.78 Å². The summed E-state index contributed by atoms with van der Waals surface area (Å²) in [7, 11) is -3.60. The number of hydrogen-bond donors (Lipinski definition) is 0. The number of para-hydroxylation sites is 1. The molecule has 0 atom stereocenters. The number of nitrogens with zero attached hydrogens (tertiary/aromatic N) is 4. The third-order valence-corrected chi connectivity index (χ3v) is 10.1. The van der Waals surface area contributed by atoms with Crippen LogP contribution in [0.5, 0.6) is 5.75 Å². The Bertz CT molecular complexity index is 1440. The number of halogens is 2. The molecule has 2 fully saturated rings. The molecule has 2 aliphatic rings. The summed E-state index contributed by atoms with van der Waals surface area (Å²) >= 11 is 3.39. The van der Waals surface area contributed by atoms with Crippen molar-refractivity contribution in [2.75, 3.05) is 34.2 Å². The van der Waals surface area contributed by atoms with Crippen molar-refractivity contribution in [3.63, 3.8) is 0 Å². The highest BCUT2D eigenvalue weighted by atomic mass is 79.9. The summed E-state index contributed by atoms with van der Waals surface area (Å²) in [6, 6.07) is 14.9. The van der Waals surface area contributed by atoms with Gasteiger partial charge in [0.05, 0.1) is 28.9 Å². The number of rotatable bonds is 9. The van der Waals surface area contributed by atoms with Crippen LogP contribution in [0.15, 0.2) is 65.6 Å². The molecular formula is C28H32BrFN4O4S. The van der Waals surface area contributed by atoms with Crippen molar-refractivity contribution in [2.24, 2.45) is 0 Å². The zero-order chi connectivity index (χ0) is 27.4. The van der Waals surface area contributed by atoms with Crippen molar-refractivity contribution in [3.05, 3.63) is 77.0 Å². The van der Waals surface area contributed by atoms with Gasteiger partial charge in [0.2, 0.25) is 15.8 Å². The van der Waals surface area contributed by atoms with E-state index in [2.05, 4.69) is 21.0 Å². The smallest absolute Gasteiger partial charge is 0.316 e. The van der Waals surface area contributed by atoms with Crippen LogP contribution >= 0.6 is 15.9 Å². The second kappa shape index (κ2) is 12.1. The zero-order valence-corrected chi connectivity index (χ0v) is 24.0. The minimum absolute atomic E-state index is 0.0681. The Kier molecular flexibility index (Phi) is 8.56. The fraction of sp³-hybridized carbons (Fsp3) is 0.429. The third-order valence-electron chi connectivity index (χ3n) is 7.40. The van der Waals surface area contributed by atoms with Crippen LogP contribution in [0.3, 0.4) is 0 Å². The van der Waals surface area contributed by atoms with E-state index in [0.717, 1.165) is 30.4 Å². The van der Waals surface area contributed by atoms with E-state index in [1.54, 1.807) is 24.4 Å². The van der Waals surface area contributed by atoms with Crippen molar-refractivity contribution < 1.29 is 17.5 Å². The predicted molar refractivity (Wildman–Crippen MR) is 154 cm³/mol. The Hall–Kier alpha value is -2.92. The molecule has 1 aliphatic carbocycles. The Morgan fingerprint density at radius 1 is 1.03 bits per heavy atom. The monoisotopic (exact) mass is 618 g/mol. The largest absolute Gasteiger partial charge is 0.483 e. The molecule has 39 heavy (non-hydrogen) atoms. The van der Waals surface area contributed by atoms with Crippen LogP contribution in [-0.2, 0) is 10.0 Å². The fourth-order valence-electron chi connectivity index (χ4n) is 5.38. The van der Waals surface area contributed by atoms with Crippen molar-refractivity contribution in [1.29, 1.82) is 0 Å². The Labute approximate surface area is 236 Å². The number of sulfonamides is 1. The molecule has 0 unspecified atom stereocenters. The predicted octanol–water partition coefficient (Wildman–Crippen LogP) is 4.89. The summed E-state index contributed by atoms with van der Waals surface area (Å²) in [6.07, 6.45) is 6.13. The fourth-order valence-corrected chi connectivity index (χ4v) is 7.90. The van der Waals surface area contributed by atoms with Gasteiger partial charge in [0, 0.05) is 25.0 Å². The first-order valence-electron chi connectivity index (χ1n) is 13.3. The molecule has 1 saturated heterocycles. The maximum Gasteiger partial charge on any atom is 0.316 e. The minimum atomic E-state index is -3.60. The van der Waals surface area contributed by atoms with Gasteiger partial charge in [-0.05, 0) is 68.9 Å². The summed E-state index contributed by atoms with van der Waals surface area (Å²) in [5.41, 5.74) is 1.07. The van der Waals surface area contributed by atoms with E-state index >= 15 is 0 Å². The second-order valence-corrected chi connectivity index (χ2v) is 12.8. The highest BCUT2D eigenvalue weighted by Gasteiger charge is 2.36. The molecule has 0 N–H and O–H groups in total. The molecule has 208 valence electrons. The van der Waals surface area contributed by atoms with Crippen LogP contribution in [0.4, 0.5) is 15.8 Å². The molecule has 3 aromatic rings. The SMILES string of the molecule is O=c1c(OC2CCCC2)c(N2CCC(S(=O)(=O)N(CCBr)c3ccccc3)CC2)cnn1-c1cccc(F)c1. The lowest BCUT2D eigenvalue weighted by Crippen LogP contribution is -2.46. The van der Waals surface area contributed by atoms with Crippen molar-refractivity contribution in [2.45, 2.75) is 49.9 Å². The van der Waals surface area contributed by atoms with E-state index in [0.29, 0.717) is 54.9 Å². The van der Waals surface area contributed by atoms with Gasteiger partial charge in [-0.1, -0.05) is 40.2 Å². The number of piperidine rings is 1. The molecule has 2 aromatic carbocycles. The first kappa shape index (κ1) is 27.6. The van der Waals surface area contributed by atoms with Gasteiger partial charge in [-0.3, -0.25) is 9.10 Å². The number of ether oxygens (including phenoxy) is 1. The maximum atomic E-state index is 13.9. The van der Waals surface area contributed by atoms with Gasteiger partial charge >= 0.3 is 5.56 Å². The van der Waals surface area contributed by atoms with Crippen molar-refractivity contribution >= 4 is 37.3 Å². The summed E-state index contributed by atoms with van der Waals surface area (Å²) in [6.45, 7) is 1.22. The maximum absolute atomic E-state index is 13.9. The summed E-state index contributed by atoms with van der Waals surface area (Å²) < 4.78 is 50.1. The summed E-state index contributed by atoms with van der Waals surface area (Å²) in [5, 5.41) is 4.32. The standard InChI is InChI=1S/C28H32BrFN4O4S/c29-15-18-33(22-8-2-1-3-9-22)39(36,37)25-13-16-32(17-14-25)26-20-31-34(23-10-6-7-21(30)19-23)28(35)27(26)38-24-11-4-5-12-24/h1-3,6-10,19-20,24-25H,4-5,11-18H2. The van der Waals surface area contributed by atoms with E-state index in [1.165, 1.54) is 22.5 Å². The lowest BCUT2D eigenvalue weighted by Gasteiger charge is -2.36. The highest BCUT2D eigenvalue weighted by molar-refractivity contribution is 9.09. The Balaban J connectivity index is 1.40. The Morgan fingerprint density at radius 3 is 2.41 bits per heavy atom. The van der Waals surface area contributed by atoms with Gasteiger partial charge in [-0.2, -0.15) is 9.78 Å². The van der Waals surface area contributed by atoms with Crippen molar-refractivity contribution in [3.8, 4) is 11.4 Å². The van der Waals surface area contributed by atoms with E-state index in [1.807, 2.05) is 23.1 Å². The molecular weight excluding hydrogens is 587 g/mol. The van der Waals surface area contributed by atoms with Gasteiger partial charge in [-0.25, -0.2) is 12.8 Å². The summed E-state index contributed by atoms with van der Waals surface area (Å²) in [4.78, 5) is 15.6. The van der Waals surface area contributed by atoms with Gasteiger partial charge in [0.1, 0.15) is 11.5 Å². The number of benzene rings is 2. The average Bonchev–Trinajstić information content (AvgIpc) is 3.46. The van der Waals surface area contributed by atoms with E-state index in [-0.39, 0.29) is 11.9 Å². The highest BCUT2D eigenvalue weighted by Crippen LogP contribution is 2.33.